The predicted molar refractivity (Wildman–Crippen MR) is 136 cm³/mol. The van der Waals surface area contributed by atoms with Crippen molar-refractivity contribution >= 4 is 57.9 Å². The fraction of sp³-hybridized carbons (Fsp3) is 0.364. The second-order valence-corrected chi connectivity index (χ2v) is 10.0. The number of aliphatic carboxylic acids is 1. The lowest BCUT2D eigenvalue weighted by Gasteiger charge is -2.49. The van der Waals surface area contributed by atoms with Crippen molar-refractivity contribution in [1.82, 2.24) is 19.6 Å². The van der Waals surface area contributed by atoms with Gasteiger partial charge in [0.1, 0.15) is 17.1 Å². The Hall–Kier alpha value is -4.09. The van der Waals surface area contributed by atoms with Crippen molar-refractivity contribution < 1.29 is 43.5 Å². The molecule has 2 amide bonds. The Kier molecular flexibility index (Phi) is 8.72. The van der Waals surface area contributed by atoms with Crippen LogP contribution in [0.2, 0.25) is 0 Å². The van der Waals surface area contributed by atoms with Crippen LogP contribution in [0.25, 0.3) is 0 Å². The van der Waals surface area contributed by atoms with Crippen LogP contribution in [0.3, 0.4) is 0 Å². The molecule has 0 bridgehead atoms. The van der Waals surface area contributed by atoms with Gasteiger partial charge in [-0.25, -0.2) is 14.2 Å². The number of carboxylic acid groups (broad SMARTS) is 1. The van der Waals surface area contributed by atoms with Crippen LogP contribution in [0.1, 0.15) is 18.3 Å². The van der Waals surface area contributed by atoms with Gasteiger partial charge in [0.05, 0.1) is 13.2 Å². The van der Waals surface area contributed by atoms with Gasteiger partial charge < -0.3 is 30.8 Å². The summed E-state index contributed by atoms with van der Waals surface area (Å²) in [4.78, 5) is 59.8. The summed E-state index contributed by atoms with van der Waals surface area (Å²) >= 11 is 2.09. The van der Waals surface area contributed by atoms with Crippen LogP contribution in [-0.2, 0) is 41.9 Å². The number of esters is 1. The molecule has 0 aromatic carbocycles. The number of carbonyl (C=O) groups excluding carboxylic acids is 3. The topological polar surface area (TPSA) is 211 Å². The van der Waals surface area contributed by atoms with Crippen LogP contribution in [0, 0.1) is 0 Å². The number of nitrogens with two attached hydrogens (primary N) is 1. The summed E-state index contributed by atoms with van der Waals surface area (Å²) in [7, 11) is 0. The molecule has 39 heavy (non-hydrogen) atoms. The van der Waals surface area contributed by atoms with Crippen molar-refractivity contribution in [2.45, 2.75) is 31.5 Å². The third kappa shape index (κ3) is 6.15. The van der Waals surface area contributed by atoms with Crippen molar-refractivity contribution in [1.29, 1.82) is 0 Å². The van der Waals surface area contributed by atoms with Crippen LogP contribution in [0.15, 0.2) is 41.0 Å². The largest absolute Gasteiger partial charge is 0.477 e. The number of aliphatic hydroxyl groups is 1. The molecule has 1 saturated heterocycles. The number of hydrogen-bond donors (Lipinski definition) is 4. The quantitative estimate of drug-likeness (QED) is 0.0799. The van der Waals surface area contributed by atoms with Crippen LogP contribution in [0.4, 0.5) is 5.13 Å². The lowest BCUT2D eigenvalue weighted by molar-refractivity contribution is -0.689. The number of aromatic nitrogens is 3. The van der Waals surface area contributed by atoms with Gasteiger partial charge >= 0.3 is 11.9 Å². The van der Waals surface area contributed by atoms with Crippen molar-refractivity contribution in [2.75, 3.05) is 24.7 Å². The number of ether oxygens (including phenoxy) is 1. The van der Waals surface area contributed by atoms with Gasteiger partial charge in [0.25, 0.3) is 11.8 Å². The van der Waals surface area contributed by atoms with Crippen molar-refractivity contribution in [3.05, 3.63) is 47.2 Å². The van der Waals surface area contributed by atoms with E-state index in [0.717, 1.165) is 16.4 Å². The number of amides is 2. The molecule has 17 heteroatoms. The number of carboxylic acids is 1. The van der Waals surface area contributed by atoms with Crippen molar-refractivity contribution in [3.63, 3.8) is 0 Å². The molecular weight excluding hydrogens is 554 g/mol. The Balaban J connectivity index is 1.51. The van der Waals surface area contributed by atoms with E-state index in [-0.39, 0.29) is 42.2 Å². The average Bonchev–Trinajstić information content (AvgIpc) is 3.35. The lowest BCUT2D eigenvalue weighted by atomic mass is 10.0. The maximum absolute atomic E-state index is 13.1. The minimum absolute atomic E-state index is 0.0517. The van der Waals surface area contributed by atoms with Crippen molar-refractivity contribution in [2.24, 2.45) is 5.16 Å². The number of nitrogens with zero attached hydrogens (tertiary/aromatic N) is 5. The number of rotatable bonds is 11. The number of carbonyl (C=O) groups is 4. The number of hydrogen-bond acceptors (Lipinski definition) is 13. The van der Waals surface area contributed by atoms with E-state index in [1.165, 1.54) is 11.8 Å². The predicted octanol–water partition coefficient (Wildman–Crippen LogP) is -1.38. The molecule has 0 saturated carbocycles. The Morgan fingerprint density at radius 3 is 2.85 bits per heavy atom. The Morgan fingerprint density at radius 1 is 1.38 bits per heavy atom. The van der Waals surface area contributed by atoms with E-state index in [9.17, 15) is 29.4 Å². The zero-order valence-electron chi connectivity index (χ0n) is 20.5. The highest BCUT2D eigenvalue weighted by Crippen LogP contribution is 2.40. The number of aliphatic hydroxyl groups excluding tert-OH is 1. The molecule has 2 aromatic rings. The summed E-state index contributed by atoms with van der Waals surface area (Å²) in [5.41, 5.74) is 6.19. The van der Waals surface area contributed by atoms with Gasteiger partial charge in [-0.1, -0.05) is 5.16 Å². The Bertz CT molecular complexity index is 1360. The zero-order valence-corrected chi connectivity index (χ0v) is 22.1. The third-order valence-corrected chi connectivity index (χ3v) is 7.41. The number of pyridine rings is 1. The molecule has 1 unspecified atom stereocenters. The molecule has 2 aliphatic rings. The van der Waals surface area contributed by atoms with E-state index in [0.29, 0.717) is 11.1 Å². The summed E-state index contributed by atoms with van der Waals surface area (Å²) in [6.07, 6.45) is 3.42. The van der Waals surface area contributed by atoms with E-state index in [4.69, 9.17) is 15.3 Å². The molecule has 2 atom stereocenters. The maximum atomic E-state index is 13.1. The SMILES string of the molecule is CCOC(=O)CON=C(C(=O)NC1C(=O)N2C(C(=O)O)=C(C[n+]3cccc(CO)c3)CS[C@@H]12)c1nsc(N)n1. The number of fused-ring (bicyclic) bond motifs is 1. The number of nitrogen functional groups attached to an aromatic ring is 1. The Morgan fingerprint density at radius 2 is 2.18 bits per heavy atom. The zero-order chi connectivity index (χ0) is 28.1. The first-order valence-electron chi connectivity index (χ1n) is 11.5. The van der Waals surface area contributed by atoms with Gasteiger partial charge in [-0.2, -0.15) is 9.36 Å². The first-order chi connectivity index (χ1) is 18.7. The summed E-state index contributed by atoms with van der Waals surface area (Å²) < 4.78 is 10.4. The normalized spacial score (nSPS) is 18.8. The summed E-state index contributed by atoms with van der Waals surface area (Å²) in [6, 6.07) is 2.40. The van der Waals surface area contributed by atoms with E-state index in [2.05, 4.69) is 19.8 Å². The van der Waals surface area contributed by atoms with E-state index in [1.807, 2.05) is 0 Å². The highest BCUT2D eigenvalue weighted by molar-refractivity contribution is 8.00. The van der Waals surface area contributed by atoms with Gasteiger partial charge in [0, 0.05) is 34.5 Å². The van der Waals surface area contributed by atoms with Gasteiger partial charge in [-0.05, 0) is 13.0 Å². The molecule has 0 radical (unpaired) electrons. The minimum Gasteiger partial charge on any atom is -0.477 e. The molecule has 0 spiro atoms. The number of oxime groups is 1. The van der Waals surface area contributed by atoms with Gasteiger partial charge in [0.15, 0.2) is 24.1 Å². The molecule has 4 rings (SSSR count). The monoisotopic (exact) mass is 578 g/mol. The van der Waals surface area contributed by atoms with Crippen LogP contribution in [-0.4, -0.2) is 84.3 Å². The molecule has 2 aromatic heterocycles. The first kappa shape index (κ1) is 27.9. The fourth-order valence-corrected chi connectivity index (χ4v) is 5.64. The standard InChI is InChI=1S/C22H23N7O8S2/c1-2-36-13(31)9-37-26-14(17-25-22(23)39-27-17)18(32)24-15-19(33)29-16(21(34)35)12(10-38-20(15)29)7-28-5-3-4-11(6-28)8-30/h3-6,15,20,30H,2,7-10H2,1H3,(H3-,23,24,25,27,32,34,35)/p+1/t15?,20-/m0/s1. The summed E-state index contributed by atoms with van der Waals surface area (Å²) in [6.45, 7) is 1.20. The summed E-state index contributed by atoms with van der Waals surface area (Å²) in [5.74, 6) is -3.37. The smallest absolute Gasteiger partial charge is 0.352 e. The van der Waals surface area contributed by atoms with Gasteiger partial charge in [-0.15, -0.1) is 11.8 Å². The van der Waals surface area contributed by atoms with Crippen LogP contribution in [0.5, 0.6) is 0 Å². The molecule has 5 N–H and O–H groups in total. The molecule has 2 aliphatic heterocycles. The molecule has 1 fully saturated rings. The second-order valence-electron chi connectivity index (χ2n) is 8.14. The van der Waals surface area contributed by atoms with E-state index < -0.39 is 47.5 Å². The average molecular weight is 579 g/mol. The van der Waals surface area contributed by atoms with Crippen molar-refractivity contribution in [3.8, 4) is 0 Å². The second kappa shape index (κ2) is 12.2. The van der Waals surface area contributed by atoms with Crippen LogP contribution >= 0.6 is 23.3 Å². The molecule has 4 heterocycles. The molecule has 206 valence electrons. The number of nitrogens with one attached hydrogen (secondary N) is 1. The first-order valence-corrected chi connectivity index (χ1v) is 13.3. The number of anilines is 1. The van der Waals surface area contributed by atoms with Gasteiger partial charge in [-0.3, -0.25) is 14.5 Å². The molecule has 0 aliphatic carbocycles. The maximum Gasteiger partial charge on any atom is 0.352 e. The third-order valence-electron chi connectivity index (χ3n) is 5.52. The van der Waals surface area contributed by atoms with Gasteiger partial charge in [0.2, 0.25) is 18.1 Å². The highest BCUT2D eigenvalue weighted by Gasteiger charge is 2.55. The highest BCUT2D eigenvalue weighted by atomic mass is 32.2. The van der Waals surface area contributed by atoms with E-state index >= 15 is 0 Å². The minimum atomic E-state index is -1.27. The van der Waals surface area contributed by atoms with Crippen LogP contribution < -0.4 is 15.6 Å². The number of thioether (sulfide) groups is 1. The number of β-lactam (4-membered cyclic amide) rings is 1. The van der Waals surface area contributed by atoms with E-state index in [1.54, 1.807) is 36.0 Å². The Labute approximate surface area is 229 Å². The summed E-state index contributed by atoms with van der Waals surface area (Å²) in [5, 5.41) is 24.9. The fourth-order valence-electron chi connectivity index (χ4n) is 3.87. The molecule has 15 nitrogen and oxygen atoms in total. The lowest BCUT2D eigenvalue weighted by Crippen LogP contribution is -2.71. The molecular formula is C22H24N7O8S2+.